The van der Waals surface area contributed by atoms with Crippen LogP contribution in [0.3, 0.4) is 0 Å². The molecule has 1 aromatic rings. The van der Waals surface area contributed by atoms with Gasteiger partial charge in [-0.3, -0.25) is 4.79 Å². The third kappa shape index (κ3) is 4.09. The van der Waals surface area contributed by atoms with Gasteiger partial charge in [0.05, 0.1) is 12.6 Å². The average molecular weight is 260 g/mol. The number of carbonyl (C=O) groups excluding carboxylic acids is 1. The van der Waals surface area contributed by atoms with E-state index in [-0.39, 0.29) is 5.91 Å². The van der Waals surface area contributed by atoms with Crippen molar-refractivity contribution in [3.63, 3.8) is 0 Å². The molecule has 0 aromatic heterocycles. The zero-order chi connectivity index (χ0) is 14.4. The topological polar surface area (TPSA) is 66.6 Å². The Bertz CT molecular complexity index is 513. The summed E-state index contributed by atoms with van der Waals surface area (Å²) in [5.41, 5.74) is 7.60. The fourth-order valence-electron chi connectivity index (χ4n) is 1.83. The molecule has 0 bridgehead atoms. The number of likely N-dealkylation sites (N-methyl/N-ethyl adjacent to an activating group) is 1. The van der Waals surface area contributed by atoms with E-state index < -0.39 is 6.10 Å². The molecular weight excluding hydrogens is 240 g/mol. The van der Waals surface area contributed by atoms with Crippen LogP contribution in [0.1, 0.15) is 28.4 Å². The first-order valence-electron chi connectivity index (χ1n) is 6.19. The maximum atomic E-state index is 12.3. The van der Waals surface area contributed by atoms with Crippen molar-refractivity contribution >= 4 is 5.91 Å². The van der Waals surface area contributed by atoms with E-state index in [9.17, 15) is 9.90 Å². The lowest BCUT2D eigenvalue weighted by Gasteiger charge is -2.20. The highest BCUT2D eigenvalue weighted by Gasteiger charge is 2.16. The third-order valence-corrected chi connectivity index (χ3v) is 2.77. The summed E-state index contributed by atoms with van der Waals surface area (Å²) in [6.45, 7) is 4.11. The van der Waals surface area contributed by atoms with E-state index in [4.69, 9.17) is 5.73 Å². The normalized spacial score (nSPS) is 11.4. The van der Waals surface area contributed by atoms with Gasteiger partial charge in [0.25, 0.3) is 5.91 Å². The summed E-state index contributed by atoms with van der Waals surface area (Å²) >= 11 is 0. The number of amides is 1. The molecule has 0 aliphatic carbocycles. The highest BCUT2D eigenvalue weighted by atomic mass is 16.3. The second-order valence-electron chi connectivity index (χ2n) is 4.52. The first-order chi connectivity index (χ1) is 8.97. The summed E-state index contributed by atoms with van der Waals surface area (Å²) in [5, 5.41) is 9.33. The fourth-order valence-corrected chi connectivity index (χ4v) is 1.83. The van der Waals surface area contributed by atoms with Gasteiger partial charge >= 0.3 is 0 Å². The molecule has 4 heteroatoms. The summed E-state index contributed by atoms with van der Waals surface area (Å²) in [7, 11) is 1.67. The van der Waals surface area contributed by atoms with Crippen molar-refractivity contribution in [2.24, 2.45) is 5.73 Å². The Hall–Kier alpha value is -1.83. The Labute approximate surface area is 114 Å². The van der Waals surface area contributed by atoms with Gasteiger partial charge in [0.1, 0.15) is 0 Å². The van der Waals surface area contributed by atoms with Gasteiger partial charge in [-0.25, -0.2) is 0 Å². The average Bonchev–Trinajstić information content (AvgIpc) is 2.36. The lowest BCUT2D eigenvalue weighted by molar-refractivity contribution is 0.0703. The van der Waals surface area contributed by atoms with E-state index in [1.807, 2.05) is 13.0 Å². The number of hydrogen-bond acceptors (Lipinski definition) is 3. The molecule has 1 amide bonds. The van der Waals surface area contributed by atoms with Gasteiger partial charge in [0.15, 0.2) is 0 Å². The minimum atomic E-state index is -0.547. The van der Waals surface area contributed by atoms with E-state index in [1.165, 1.54) is 4.90 Å². The largest absolute Gasteiger partial charge is 0.392 e. The molecule has 0 aliphatic rings. The summed E-state index contributed by atoms with van der Waals surface area (Å²) in [5.74, 6) is 5.62. The molecule has 1 rings (SSSR count). The van der Waals surface area contributed by atoms with E-state index in [2.05, 4.69) is 11.8 Å². The smallest absolute Gasteiger partial charge is 0.253 e. The Morgan fingerprint density at radius 3 is 2.79 bits per heavy atom. The molecule has 19 heavy (non-hydrogen) atoms. The summed E-state index contributed by atoms with van der Waals surface area (Å²) < 4.78 is 0. The number of nitrogens with two attached hydrogens (primary N) is 1. The van der Waals surface area contributed by atoms with Gasteiger partial charge < -0.3 is 15.7 Å². The van der Waals surface area contributed by atoms with Gasteiger partial charge in [-0.15, -0.1) is 0 Å². The molecule has 0 aliphatic heterocycles. The monoisotopic (exact) mass is 260 g/mol. The molecule has 0 fully saturated rings. The predicted octanol–water partition coefficient (Wildman–Crippen LogP) is 0.758. The summed E-state index contributed by atoms with van der Waals surface area (Å²) in [6, 6.07) is 5.43. The second kappa shape index (κ2) is 6.93. The maximum Gasteiger partial charge on any atom is 0.253 e. The second-order valence-corrected chi connectivity index (χ2v) is 4.52. The molecular formula is C15H20N2O2. The summed E-state index contributed by atoms with van der Waals surface area (Å²) in [4.78, 5) is 13.8. The highest BCUT2D eigenvalue weighted by Crippen LogP contribution is 2.15. The van der Waals surface area contributed by atoms with Crippen LogP contribution in [-0.4, -0.2) is 42.2 Å². The van der Waals surface area contributed by atoms with Crippen LogP contribution in [0.25, 0.3) is 0 Å². The molecule has 1 atom stereocenters. The minimum absolute atomic E-state index is 0.116. The van der Waals surface area contributed by atoms with Gasteiger partial charge in [-0.1, -0.05) is 17.9 Å². The Morgan fingerprint density at radius 2 is 2.21 bits per heavy atom. The number of rotatable bonds is 3. The van der Waals surface area contributed by atoms with Crippen LogP contribution in [-0.2, 0) is 0 Å². The van der Waals surface area contributed by atoms with E-state index >= 15 is 0 Å². The Kier molecular flexibility index (Phi) is 5.56. The van der Waals surface area contributed by atoms with Crippen LogP contribution in [0.2, 0.25) is 0 Å². The van der Waals surface area contributed by atoms with Gasteiger partial charge in [-0.2, -0.15) is 0 Å². The molecule has 1 unspecified atom stereocenters. The molecule has 0 heterocycles. The molecule has 3 N–H and O–H groups in total. The fraction of sp³-hybridized carbons (Fsp3) is 0.400. The van der Waals surface area contributed by atoms with Crippen molar-refractivity contribution < 1.29 is 9.90 Å². The maximum absolute atomic E-state index is 12.3. The minimum Gasteiger partial charge on any atom is -0.392 e. The lowest BCUT2D eigenvalue weighted by atomic mass is 10.0. The molecule has 0 saturated heterocycles. The molecule has 1 aromatic carbocycles. The van der Waals surface area contributed by atoms with Crippen LogP contribution in [0.5, 0.6) is 0 Å². The third-order valence-electron chi connectivity index (χ3n) is 2.77. The van der Waals surface area contributed by atoms with Crippen molar-refractivity contribution in [2.75, 3.05) is 20.1 Å². The van der Waals surface area contributed by atoms with E-state index in [0.29, 0.717) is 18.7 Å². The highest BCUT2D eigenvalue weighted by molar-refractivity contribution is 5.96. The van der Waals surface area contributed by atoms with Crippen LogP contribution >= 0.6 is 0 Å². The van der Waals surface area contributed by atoms with Crippen LogP contribution in [0.15, 0.2) is 18.2 Å². The molecule has 102 valence electrons. The Morgan fingerprint density at radius 1 is 1.53 bits per heavy atom. The van der Waals surface area contributed by atoms with Crippen molar-refractivity contribution in [3.8, 4) is 11.8 Å². The molecule has 0 radical (unpaired) electrons. The SMILES string of the molecule is Cc1c(C#CCN)cccc1C(=O)N(C)CC(C)O. The van der Waals surface area contributed by atoms with Gasteiger partial charge in [0, 0.05) is 24.7 Å². The number of carbonyl (C=O) groups is 1. The number of aliphatic hydroxyl groups excluding tert-OH is 1. The van der Waals surface area contributed by atoms with E-state index in [0.717, 1.165) is 11.1 Å². The zero-order valence-corrected chi connectivity index (χ0v) is 11.6. The molecule has 4 nitrogen and oxygen atoms in total. The number of benzene rings is 1. The Balaban J connectivity index is 3.04. The molecule has 0 saturated carbocycles. The van der Waals surface area contributed by atoms with Gasteiger partial charge in [-0.05, 0) is 31.5 Å². The summed E-state index contributed by atoms with van der Waals surface area (Å²) in [6.07, 6.45) is -0.547. The number of aliphatic hydroxyl groups is 1. The van der Waals surface area contributed by atoms with E-state index in [1.54, 1.807) is 26.1 Å². The first-order valence-corrected chi connectivity index (χ1v) is 6.19. The van der Waals surface area contributed by atoms with Crippen LogP contribution in [0.4, 0.5) is 0 Å². The lowest BCUT2D eigenvalue weighted by Crippen LogP contribution is -2.33. The quantitative estimate of drug-likeness (QED) is 0.788. The van der Waals surface area contributed by atoms with Gasteiger partial charge in [0.2, 0.25) is 0 Å². The molecule has 0 spiro atoms. The van der Waals surface area contributed by atoms with Crippen LogP contribution in [0, 0.1) is 18.8 Å². The van der Waals surface area contributed by atoms with Crippen LogP contribution < -0.4 is 5.73 Å². The van der Waals surface area contributed by atoms with Crippen molar-refractivity contribution in [2.45, 2.75) is 20.0 Å². The zero-order valence-electron chi connectivity index (χ0n) is 11.6. The standard InChI is InChI=1S/C15H20N2O2/c1-11(18)10-17(3)15(19)14-8-4-6-13(12(14)2)7-5-9-16/h4,6,8,11,18H,9-10,16H2,1-3H3. The van der Waals surface area contributed by atoms with Crippen molar-refractivity contribution in [1.82, 2.24) is 4.90 Å². The first kappa shape index (κ1) is 15.2. The number of hydrogen-bond donors (Lipinski definition) is 2. The van der Waals surface area contributed by atoms with Crippen molar-refractivity contribution in [3.05, 3.63) is 34.9 Å². The van der Waals surface area contributed by atoms with Crippen molar-refractivity contribution in [1.29, 1.82) is 0 Å². The number of nitrogens with zero attached hydrogens (tertiary/aromatic N) is 1. The predicted molar refractivity (Wildman–Crippen MR) is 75.8 cm³/mol.